The molecule has 3 aromatic rings. The maximum absolute atomic E-state index is 12.6. The molecule has 0 atom stereocenters. The number of methoxy groups -OCH3 is 1. The molecular weight excluding hydrogens is 446 g/mol. The SMILES string of the molecule is COc1cc(NC(=O)Cn2c(C)c(Br)c3ccccc32)ccc1NS(C)(=O)=O. The Morgan fingerprint density at radius 3 is 2.61 bits per heavy atom. The van der Waals surface area contributed by atoms with Gasteiger partial charge in [-0.05, 0) is 41.1 Å². The van der Waals surface area contributed by atoms with Crippen LogP contribution in [0, 0.1) is 6.92 Å². The molecule has 1 heterocycles. The van der Waals surface area contributed by atoms with Crippen LogP contribution >= 0.6 is 15.9 Å². The number of nitrogens with one attached hydrogen (secondary N) is 2. The Bertz CT molecular complexity index is 1160. The van der Waals surface area contributed by atoms with Crippen molar-refractivity contribution in [1.29, 1.82) is 0 Å². The standard InChI is InChI=1S/C19H20BrN3O4S/c1-12-19(20)14-6-4-5-7-16(14)23(12)11-18(24)21-13-8-9-15(17(10-13)27-2)22-28(3,25)26/h4-10,22H,11H2,1-3H3,(H,21,24). The number of aromatic nitrogens is 1. The van der Waals surface area contributed by atoms with Crippen molar-refractivity contribution in [3.05, 3.63) is 52.6 Å². The second-order valence-electron chi connectivity index (χ2n) is 6.34. The lowest BCUT2D eigenvalue weighted by Gasteiger charge is -2.13. The number of carbonyl (C=O) groups excluding carboxylic acids is 1. The number of hydrogen-bond acceptors (Lipinski definition) is 4. The molecule has 9 heteroatoms. The Labute approximate surface area is 171 Å². The van der Waals surface area contributed by atoms with E-state index in [9.17, 15) is 13.2 Å². The molecule has 0 saturated heterocycles. The van der Waals surface area contributed by atoms with Gasteiger partial charge in [0.05, 0.1) is 19.1 Å². The average molecular weight is 466 g/mol. The number of sulfonamides is 1. The molecule has 0 aliphatic rings. The zero-order valence-corrected chi connectivity index (χ0v) is 18.0. The van der Waals surface area contributed by atoms with E-state index in [1.54, 1.807) is 18.2 Å². The Kier molecular flexibility index (Phi) is 5.66. The van der Waals surface area contributed by atoms with Gasteiger partial charge in [0.1, 0.15) is 12.3 Å². The fraction of sp³-hybridized carbons (Fsp3) is 0.211. The monoisotopic (exact) mass is 465 g/mol. The van der Waals surface area contributed by atoms with E-state index in [4.69, 9.17) is 4.74 Å². The molecule has 28 heavy (non-hydrogen) atoms. The summed E-state index contributed by atoms with van der Waals surface area (Å²) in [5.41, 5.74) is 2.74. The van der Waals surface area contributed by atoms with Gasteiger partial charge < -0.3 is 14.6 Å². The first-order valence-corrected chi connectivity index (χ1v) is 11.1. The molecule has 0 bridgehead atoms. The highest BCUT2D eigenvalue weighted by Gasteiger charge is 2.15. The topological polar surface area (TPSA) is 89.4 Å². The number of rotatable bonds is 6. The number of amides is 1. The van der Waals surface area contributed by atoms with Crippen LogP contribution < -0.4 is 14.8 Å². The lowest BCUT2D eigenvalue weighted by Crippen LogP contribution is -2.19. The van der Waals surface area contributed by atoms with Crippen LogP contribution in [0.4, 0.5) is 11.4 Å². The molecule has 0 spiro atoms. The molecule has 0 radical (unpaired) electrons. The third-order valence-electron chi connectivity index (χ3n) is 4.24. The molecule has 2 N–H and O–H groups in total. The van der Waals surface area contributed by atoms with Crippen molar-refractivity contribution in [2.45, 2.75) is 13.5 Å². The van der Waals surface area contributed by atoms with Gasteiger partial charge in [-0.25, -0.2) is 8.42 Å². The summed E-state index contributed by atoms with van der Waals surface area (Å²) in [6, 6.07) is 12.6. The van der Waals surface area contributed by atoms with Crippen LogP contribution in [0.25, 0.3) is 10.9 Å². The van der Waals surface area contributed by atoms with Gasteiger partial charge in [-0.3, -0.25) is 9.52 Å². The van der Waals surface area contributed by atoms with Crippen LogP contribution in [0.5, 0.6) is 5.75 Å². The van der Waals surface area contributed by atoms with Crippen molar-refractivity contribution in [2.24, 2.45) is 0 Å². The molecular formula is C19H20BrN3O4S. The largest absolute Gasteiger partial charge is 0.494 e. The van der Waals surface area contributed by atoms with Gasteiger partial charge in [0.25, 0.3) is 0 Å². The minimum absolute atomic E-state index is 0.142. The maximum Gasteiger partial charge on any atom is 0.244 e. The molecule has 0 saturated carbocycles. The van der Waals surface area contributed by atoms with Gasteiger partial charge in [-0.1, -0.05) is 18.2 Å². The highest BCUT2D eigenvalue weighted by atomic mass is 79.9. The number of nitrogens with zero attached hydrogens (tertiary/aromatic N) is 1. The molecule has 0 aliphatic heterocycles. The second kappa shape index (κ2) is 7.84. The Morgan fingerprint density at radius 2 is 1.93 bits per heavy atom. The number of fused-ring (bicyclic) bond motifs is 1. The Balaban J connectivity index is 1.82. The van der Waals surface area contributed by atoms with Gasteiger partial charge >= 0.3 is 0 Å². The first-order chi connectivity index (χ1) is 13.2. The van der Waals surface area contributed by atoms with Crippen LogP contribution in [-0.4, -0.2) is 32.3 Å². The van der Waals surface area contributed by atoms with E-state index < -0.39 is 10.0 Å². The van der Waals surface area contributed by atoms with E-state index in [0.29, 0.717) is 17.1 Å². The van der Waals surface area contributed by atoms with Crippen LogP contribution in [0.3, 0.4) is 0 Å². The molecule has 0 fully saturated rings. The van der Waals surface area contributed by atoms with Gasteiger partial charge in [0.15, 0.2) is 0 Å². The predicted octanol–water partition coefficient (Wildman–Crippen LogP) is 3.73. The summed E-state index contributed by atoms with van der Waals surface area (Å²) < 4.78 is 33.4. The fourth-order valence-corrected chi connectivity index (χ4v) is 4.11. The van der Waals surface area contributed by atoms with Gasteiger partial charge in [-0.15, -0.1) is 0 Å². The minimum atomic E-state index is -3.43. The predicted molar refractivity (Wildman–Crippen MR) is 114 cm³/mol. The summed E-state index contributed by atoms with van der Waals surface area (Å²) in [5.74, 6) is 0.107. The number of hydrogen-bond donors (Lipinski definition) is 2. The van der Waals surface area contributed by atoms with Crippen LogP contribution in [0.15, 0.2) is 46.9 Å². The second-order valence-corrected chi connectivity index (χ2v) is 8.88. The number of benzene rings is 2. The zero-order valence-electron chi connectivity index (χ0n) is 15.6. The number of ether oxygens (including phenoxy) is 1. The molecule has 3 rings (SSSR count). The van der Waals surface area contributed by atoms with E-state index >= 15 is 0 Å². The Morgan fingerprint density at radius 1 is 1.21 bits per heavy atom. The summed E-state index contributed by atoms with van der Waals surface area (Å²) in [7, 11) is -2.00. The van der Waals surface area contributed by atoms with Crippen molar-refractivity contribution in [3.63, 3.8) is 0 Å². The normalized spacial score (nSPS) is 11.4. The molecule has 1 amide bonds. The van der Waals surface area contributed by atoms with E-state index in [1.165, 1.54) is 7.11 Å². The average Bonchev–Trinajstić information content (AvgIpc) is 2.87. The third-order valence-corrected chi connectivity index (χ3v) is 5.83. The van der Waals surface area contributed by atoms with Crippen LogP contribution in [0.1, 0.15) is 5.69 Å². The molecule has 1 aromatic heterocycles. The van der Waals surface area contributed by atoms with Crippen LogP contribution in [0.2, 0.25) is 0 Å². The van der Waals surface area contributed by atoms with E-state index in [0.717, 1.165) is 27.3 Å². The van der Waals surface area contributed by atoms with Crippen molar-refractivity contribution in [3.8, 4) is 5.75 Å². The van der Waals surface area contributed by atoms with E-state index in [1.807, 2.05) is 35.8 Å². The van der Waals surface area contributed by atoms with Crippen LogP contribution in [-0.2, 0) is 21.4 Å². The van der Waals surface area contributed by atoms with Crippen molar-refractivity contribution < 1.29 is 17.9 Å². The number of carbonyl (C=O) groups is 1. The highest BCUT2D eigenvalue weighted by Crippen LogP contribution is 2.31. The number of anilines is 2. The number of halogens is 1. The summed E-state index contributed by atoms with van der Waals surface area (Å²) in [6.45, 7) is 2.09. The summed E-state index contributed by atoms with van der Waals surface area (Å²) in [6.07, 6.45) is 1.06. The molecule has 2 aromatic carbocycles. The van der Waals surface area contributed by atoms with Crippen molar-refractivity contribution in [1.82, 2.24) is 4.57 Å². The summed E-state index contributed by atoms with van der Waals surface area (Å²) >= 11 is 3.58. The lowest BCUT2D eigenvalue weighted by atomic mass is 10.2. The molecule has 0 aliphatic carbocycles. The third kappa shape index (κ3) is 4.31. The molecule has 0 unspecified atom stereocenters. The quantitative estimate of drug-likeness (QED) is 0.580. The molecule has 7 nitrogen and oxygen atoms in total. The summed E-state index contributed by atoms with van der Waals surface area (Å²) in [5, 5.41) is 3.87. The first-order valence-electron chi connectivity index (χ1n) is 8.38. The molecule has 148 valence electrons. The van der Waals surface area contributed by atoms with Crippen molar-refractivity contribution in [2.75, 3.05) is 23.4 Å². The number of para-hydroxylation sites is 1. The van der Waals surface area contributed by atoms with Gasteiger partial charge in [0, 0.05) is 32.8 Å². The van der Waals surface area contributed by atoms with Gasteiger partial charge in [-0.2, -0.15) is 0 Å². The maximum atomic E-state index is 12.6. The van der Waals surface area contributed by atoms with E-state index in [2.05, 4.69) is 26.0 Å². The van der Waals surface area contributed by atoms with E-state index in [-0.39, 0.29) is 12.5 Å². The van der Waals surface area contributed by atoms with Crippen molar-refractivity contribution >= 4 is 54.1 Å². The highest BCUT2D eigenvalue weighted by molar-refractivity contribution is 9.10. The smallest absolute Gasteiger partial charge is 0.244 e. The lowest BCUT2D eigenvalue weighted by molar-refractivity contribution is -0.116. The van der Waals surface area contributed by atoms with Gasteiger partial charge in [0.2, 0.25) is 15.9 Å². The fourth-order valence-electron chi connectivity index (χ4n) is 2.99. The Hall–Kier alpha value is -2.52. The zero-order chi connectivity index (χ0) is 20.5. The summed E-state index contributed by atoms with van der Waals surface area (Å²) in [4.78, 5) is 12.6. The minimum Gasteiger partial charge on any atom is -0.494 e. The first kappa shape index (κ1) is 20.2.